The minimum atomic E-state index is -0.0249. The van der Waals surface area contributed by atoms with Crippen LogP contribution in [0.3, 0.4) is 0 Å². The Labute approximate surface area is 106 Å². The number of carbonyl (C=O) groups is 1. The van der Waals surface area contributed by atoms with Crippen molar-refractivity contribution in [3.05, 3.63) is 30.0 Å². The van der Waals surface area contributed by atoms with Gasteiger partial charge in [-0.05, 0) is 18.2 Å². The van der Waals surface area contributed by atoms with Crippen molar-refractivity contribution < 1.29 is 9.53 Å². The van der Waals surface area contributed by atoms with Crippen molar-refractivity contribution in [2.24, 2.45) is 0 Å². The number of ether oxygens (including phenoxy) is 1. The first-order valence-corrected chi connectivity index (χ1v) is 5.74. The number of likely N-dealkylation sites (N-methyl/N-ethyl adjacent to an activating group) is 1. The zero-order valence-electron chi connectivity index (χ0n) is 10.6. The normalized spacial score (nSPS) is 10.8. The first-order valence-electron chi connectivity index (χ1n) is 5.74. The number of anilines is 1. The Hall–Kier alpha value is -2.01. The molecule has 0 atom stereocenters. The van der Waals surface area contributed by atoms with E-state index in [9.17, 15) is 4.79 Å². The number of benzene rings is 1. The lowest BCUT2D eigenvalue weighted by atomic mass is 10.1. The van der Waals surface area contributed by atoms with Crippen LogP contribution >= 0.6 is 0 Å². The number of carbonyl (C=O) groups excluding carboxylic acids is 1. The minimum Gasteiger partial charge on any atom is -0.399 e. The molecule has 1 amide bonds. The summed E-state index contributed by atoms with van der Waals surface area (Å²) in [5, 5.41) is 0.887. The monoisotopic (exact) mass is 247 g/mol. The number of nitrogen functional groups attached to an aromatic ring is 1. The third kappa shape index (κ3) is 2.31. The van der Waals surface area contributed by atoms with Crippen molar-refractivity contribution in [3.63, 3.8) is 0 Å². The standard InChI is InChI=1S/C13H17N3O2/c1-16(5-6-18-2)13(17)11-8-15-12-7-9(14)3-4-10(11)12/h3-4,7-8,15H,5-6,14H2,1-2H3. The summed E-state index contributed by atoms with van der Waals surface area (Å²) >= 11 is 0. The van der Waals surface area contributed by atoms with Crippen LogP contribution in [0.4, 0.5) is 5.69 Å². The Morgan fingerprint density at radius 2 is 2.28 bits per heavy atom. The number of fused-ring (bicyclic) bond motifs is 1. The van der Waals surface area contributed by atoms with E-state index in [1.165, 1.54) is 0 Å². The van der Waals surface area contributed by atoms with Crippen LogP contribution in [0.15, 0.2) is 24.4 Å². The number of methoxy groups -OCH3 is 1. The number of aromatic nitrogens is 1. The molecule has 0 aliphatic heterocycles. The average molecular weight is 247 g/mol. The Kier molecular flexibility index (Phi) is 3.53. The molecule has 2 rings (SSSR count). The second-order valence-corrected chi connectivity index (χ2v) is 4.23. The topological polar surface area (TPSA) is 71.3 Å². The van der Waals surface area contributed by atoms with Crippen LogP contribution in [-0.2, 0) is 4.74 Å². The van der Waals surface area contributed by atoms with Crippen molar-refractivity contribution in [1.29, 1.82) is 0 Å². The fourth-order valence-electron chi connectivity index (χ4n) is 1.86. The van der Waals surface area contributed by atoms with E-state index in [0.29, 0.717) is 24.4 Å². The number of amides is 1. The molecule has 96 valence electrons. The smallest absolute Gasteiger partial charge is 0.255 e. The molecule has 3 N–H and O–H groups in total. The van der Waals surface area contributed by atoms with Crippen molar-refractivity contribution in [3.8, 4) is 0 Å². The highest BCUT2D eigenvalue weighted by molar-refractivity contribution is 6.07. The third-order valence-electron chi connectivity index (χ3n) is 2.91. The molecule has 0 fully saturated rings. The summed E-state index contributed by atoms with van der Waals surface area (Å²) < 4.78 is 4.96. The molecule has 0 radical (unpaired) electrons. The molecule has 18 heavy (non-hydrogen) atoms. The molecule has 0 bridgehead atoms. The van der Waals surface area contributed by atoms with Gasteiger partial charge in [0.05, 0.1) is 12.2 Å². The first kappa shape index (κ1) is 12.4. The number of rotatable bonds is 4. The number of nitrogens with one attached hydrogen (secondary N) is 1. The highest BCUT2D eigenvalue weighted by atomic mass is 16.5. The Bertz CT molecular complexity index is 562. The molecule has 1 heterocycles. The highest BCUT2D eigenvalue weighted by Crippen LogP contribution is 2.21. The van der Waals surface area contributed by atoms with E-state index in [-0.39, 0.29) is 5.91 Å². The number of hydrogen-bond donors (Lipinski definition) is 2. The molecule has 5 nitrogen and oxygen atoms in total. The first-order chi connectivity index (χ1) is 8.63. The number of nitrogens with two attached hydrogens (primary N) is 1. The van der Waals surface area contributed by atoms with Gasteiger partial charge in [0.1, 0.15) is 0 Å². The van der Waals surface area contributed by atoms with Crippen LogP contribution in [0.25, 0.3) is 10.9 Å². The van der Waals surface area contributed by atoms with Gasteiger partial charge in [-0.25, -0.2) is 0 Å². The largest absolute Gasteiger partial charge is 0.399 e. The zero-order chi connectivity index (χ0) is 13.1. The van der Waals surface area contributed by atoms with Crippen LogP contribution in [0.2, 0.25) is 0 Å². The summed E-state index contributed by atoms with van der Waals surface area (Å²) in [6.07, 6.45) is 1.72. The van der Waals surface area contributed by atoms with Gasteiger partial charge in [0.15, 0.2) is 0 Å². The van der Waals surface area contributed by atoms with E-state index in [1.54, 1.807) is 31.3 Å². The molecule has 2 aromatic rings. The maximum atomic E-state index is 12.2. The maximum Gasteiger partial charge on any atom is 0.255 e. The molecule has 1 aromatic heterocycles. The van der Waals surface area contributed by atoms with Gasteiger partial charge in [0.25, 0.3) is 5.91 Å². The number of hydrogen-bond acceptors (Lipinski definition) is 3. The molecular weight excluding hydrogens is 230 g/mol. The lowest BCUT2D eigenvalue weighted by Crippen LogP contribution is -2.29. The van der Waals surface area contributed by atoms with E-state index in [0.717, 1.165) is 10.9 Å². The SMILES string of the molecule is COCCN(C)C(=O)c1c[nH]c2cc(N)ccc12. The fraction of sp³-hybridized carbons (Fsp3) is 0.308. The van der Waals surface area contributed by atoms with Crippen LogP contribution in [0, 0.1) is 0 Å². The fourth-order valence-corrected chi connectivity index (χ4v) is 1.86. The molecule has 0 saturated heterocycles. The molecule has 0 saturated carbocycles. The molecule has 0 aliphatic rings. The third-order valence-corrected chi connectivity index (χ3v) is 2.91. The van der Waals surface area contributed by atoms with Gasteiger partial charge >= 0.3 is 0 Å². The average Bonchev–Trinajstić information content (AvgIpc) is 2.77. The number of nitrogens with zero attached hydrogens (tertiary/aromatic N) is 1. The van der Waals surface area contributed by atoms with Gasteiger partial charge in [-0.15, -0.1) is 0 Å². The van der Waals surface area contributed by atoms with Gasteiger partial charge in [-0.3, -0.25) is 4.79 Å². The quantitative estimate of drug-likeness (QED) is 0.804. The Morgan fingerprint density at radius 3 is 3.00 bits per heavy atom. The van der Waals surface area contributed by atoms with Crippen LogP contribution in [0.1, 0.15) is 10.4 Å². The van der Waals surface area contributed by atoms with Gasteiger partial charge < -0.3 is 20.4 Å². The summed E-state index contributed by atoms with van der Waals surface area (Å²) in [6, 6.07) is 5.47. The second-order valence-electron chi connectivity index (χ2n) is 4.23. The highest BCUT2D eigenvalue weighted by Gasteiger charge is 2.15. The lowest BCUT2D eigenvalue weighted by Gasteiger charge is -2.15. The van der Waals surface area contributed by atoms with Crippen LogP contribution < -0.4 is 5.73 Å². The van der Waals surface area contributed by atoms with E-state index in [4.69, 9.17) is 10.5 Å². The van der Waals surface area contributed by atoms with Crippen molar-refractivity contribution in [1.82, 2.24) is 9.88 Å². The van der Waals surface area contributed by atoms with E-state index in [1.807, 2.05) is 12.1 Å². The second kappa shape index (κ2) is 5.10. The van der Waals surface area contributed by atoms with Crippen molar-refractivity contribution in [2.75, 3.05) is 33.0 Å². The van der Waals surface area contributed by atoms with E-state index < -0.39 is 0 Å². The molecule has 5 heteroatoms. The summed E-state index contributed by atoms with van der Waals surface area (Å²) in [7, 11) is 3.38. The summed E-state index contributed by atoms with van der Waals surface area (Å²) in [4.78, 5) is 16.9. The zero-order valence-corrected chi connectivity index (χ0v) is 10.6. The number of H-pyrrole nitrogens is 1. The van der Waals surface area contributed by atoms with E-state index in [2.05, 4.69) is 4.98 Å². The summed E-state index contributed by atoms with van der Waals surface area (Å²) in [5.41, 5.74) is 7.91. The minimum absolute atomic E-state index is 0.0249. The predicted octanol–water partition coefficient (Wildman–Crippen LogP) is 1.47. The van der Waals surface area contributed by atoms with Crippen molar-refractivity contribution in [2.45, 2.75) is 0 Å². The van der Waals surface area contributed by atoms with Gasteiger partial charge in [-0.2, -0.15) is 0 Å². The predicted molar refractivity (Wildman–Crippen MR) is 71.5 cm³/mol. The molecule has 0 spiro atoms. The molecule has 0 unspecified atom stereocenters. The van der Waals surface area contributed by atoms with Gasteiger partial charge in [0.2, 0.25) is 0 Å². The summed E-state index contributed by atoms with van der Waals surface area (Å²) in [5.74, 6) is -0.0249. The lowest BCUT2D eigenvalue weighted by molar-refractivity contribution is 0.0746. The molecular formula is C13H17N3O2. The molecule has 1 aromatic carbocycles. The van der Waals surface area contributed by atoms with Gasteiger partial charge in [0, 0.05) is 43.5 Å². The Balaban J connectivity index is 2.28. The van der Waals surface area contributed by atoms with Crippen molar-refractivity contribution >= 4 is 22.5 Å². The maximum absolute atomic E-state index is 12.2. The van der Waals surface area contributed by atoms with Crippen LogP contribution in [0.5, 0.6) is 0 Å². The van der Waals surface area contributed by atoms with Gasteiger partial charge in [-0.1, -0.05) is 0 Å². The van der Waals surface area contributed by atoms with E-state index >= 15 is 0 Å². The Morgan fingerprint density at radius 1 is 1.50 bits per heavy atom. The van der Waals surface area contributed by atoms with Crippen LogP contribution in [-0.4, -0.2) is 43.1 Å². The summed E-state index contributed by atoms with van der Waals surface area (Å²) in [6.45, 7) is 1.09. The molecule has 0 aliphatic carbocycles. The number of aromatic amines is 1.